The molecule has 0 unspecified atom stereocenters. The number of benzene rings is 1. The van der Waals surface area contributed by atoms with Crippen LogP contribution in [0.4, 0.5) is 18.9 Å². The predicted molar refractivity (Wildman–Crippen MR) is 129 cm³/mol. The van der Waals surface area contributed by atoms with Crippen molar-refractivity contribution in [1.82, 2.24) is 14.9 Å². The third-order valence-corrected chi connectivity index (χ3v) is 6.43. The number of carboxylic acids is 2. The van der Waals surface area contributed by atoms with Crippen LogP contribution in [0.3, 0.4) is 0 Å². The van der Waals surface area contributed by atoms with Crippen molar-refractivity contribution in [2.75, 3.05) is 24.5 Å². The molecule has 0 aliphatic carbocycles. The number of fused-ring (bicyclic) bond motifs is 3. The van der Waals surface area contributed by atoms with Crippen LogP contribution in [0.5, 0.6) is 0 Å². The highest BCUT2D eigenvalue weighted by Gasteiger charge is 2.38. The zero-order valence-corrected chi connectivity index (χ0v) is 19.7. The van der Waals surface area contributed by atoms with Gasteiger partial charge in [0.2, 0.25) is 0 Å². The molecule has 0 spiro atoms. The summed E-state index contributed by atoms with van der Waals surface area (Å²) < 4.78 is 31.7. The van der Waals surface area contributed by atoms with Crippen molar-refractivity contribution in [2.45, 2.75) is 31.6 Å². The number of pyridine rings is 2. The molecule has 1 atom stereocenters. The Morgan fingerprint density at radius 2 is 1.76 bits per heavy atom. The Morgan fingerprint density at radius 3 is 2.43 bits per heavy atom. The Hall–Kier alpha value is -3.99. The minimum absolute atomic E-state index is 0.381. The van der Waals surface area contributed by atoms with E-state index >= 15 is 0 Å². The molecule has 37 heavy (non-hydrogen) atoms. The number of aryl methyl sites for hydroxylation is 1. The zero-order valence-electron chi connectivity index (χ0n) is 19.7. The minimum Gasteiger partial charge on any atom is -0.478 e. The lowest BCUT2D eigenvalue weighted by Gasteiger charge is -2.46. The van der Waals surface area contributed by atoms with E-state index in [-0.39, 0.29) is 0 Å². The Balaban J connectivity index is 0.000000405. The maximum atomic E-state index is 11.3. The number of rotatable bonds is 4. The first-order valence-electron chi connectivity index (χ1n) is 11.6. The fourth-order valence-corrected chi connectivity index (χ4v) is 4.73. The van der Waals surface area contributed by atoms with Gasteiger partial charge in [0, 0.05) is 62.1 Å². The molecule has 0 bridgehead atoms. The molecule has 0 saturated carbocycles. The first kappa shape index (κ1) is 26.1. The van der Waals surface area contributed by atoms with Gasteiger partial charge in [-0.3, -0.25) is 14.9 Å². The summed E-state index contributed by atoms with van der Waals surface area (Å²) >= 11 is 0. The zero-order chi connectivity index (χ0) is 26.6. The van der Waals surface area contributed by atoms with Crippen LogP contribution in [-0.4, -0.2) is 68.9 Å². The standard InChI is InChI=1S/C24H24N4O2.C2HF3O2/c29-24(30)19-4-6-22-18(14-19)3-5-21-16-27(12-13-28(21)22)15-20-2-1-9-26-23(20)17-7-10-25-11-8-17;3-2(4,5)1(6)7/h1-2,4,6-11,14,21H,3,5,12-13,15-16H2,(H,29,30);(H,6,7)/t21-;/m0./s1. The molecule has 2 aromatic heterocycles. The van der Waals surface area contributed by atoms with Gasteiger partial charge in [0.1, 0.15) is 0 Å². The second-order valence-corrected chi connectivity index (χ2v) is 8.82. The lowest BCUT2D eigenvalue weighted by Crippen LogP contribution is -2.54. The second kappa shape index (κ2) is 11.0. The summed E-state index contributed by atoms with van der Waals surface area (Å²) in [6, 6.07) is 14.2. The number of piperazine rings is 1. The number of nitrogens with zero attached hydrogens (tertiary/aromatic N) is 4. The SMILES string of the molecule is O=C(O)C(F)(F)F.O=C(O)c1ccc2c(c1)CC[C@H]1CN(Cc3cccnc3-c3ccncc3)CCN21. The lowest BCUT2D eigenvalue weighted by atomic mass is 9.92. The van der Waals surface area contributed by atoms with Gasteiger partial charge in [0.15, 0.2) is 0 Å². The van der Waals surface area contributed by atoms with E-state index in [0.717, 1.165) is 55.8 Å². The maximum Gasteiger partial charge on any atom is 0.490 e. The van der Waals surface area contributed by atoms with Crippen LogP contribution < -0.4 is 4.90 Å². The van der Waals surface area contributed by atoms with Crippen molar-refractivity contribution in [2.24, 2.45) is 0 Å². The van der Waals surface area contributed by atoms with Gasteiger partial charge in [-0.05, 0) is 60.4 Å². The molecule has 3 aromatic rings. The van der Waals surface area contributed by atoms with E-state index in [1.165, 1.54) is 11.3 Å². The highest BCUT2D eigenvalue weighted by molar-refractivity contribution is 5.88. The first-order chi connectivity index (χ1) is 17.6. The van der Waals surface area contributed by atoms with E-state index in [2.05, 4.69) is 25.8 Å². The number of aliphatic carboxylic acids is 1. The summed E-state index contributed by atoms with van der Waals surface area (Å²) in [5, 5.41) is 16.4. The van der Waals surface area contributed by atoms with Gasteiger partial charge in [-0.1, -0.05) is 6.07 Å². The third-order valence-electron chi connectivity index (χ3n) is 6.43. The van der Waals surface area contributed by atoms with E-state index in [1.807, 2.05) is 48.9 Å². The Labute approximate surface area is 211 Å². The van der Waals surface area contributed by atoms with Crippen LogP contribution in [0.2, 0.25) is 0 Å². The summed E-state index contributed by atoms with van der Waals surface area (Å²) in [5.74, 6) is -3.61. The third kappa shape index (κ3) is 6.23. The van der Waals surface area contributed by atoms with E-state index in [0.29, 0.717) is 11.6 Å². The molecule has 8 nitrogen and oxygen atoms in total. The number of carboxylic acid groups (broad SMARTS) is 2. The molecule has 0 amide bonds. The molecule has 1 fully saturated rings. The Kier molecular flexibility index (Phi) is 7.72. The molecule has 194 valence electrons. The monoisotopic (exact) mass is 514 g/mol. The molecule has 2 aliphatic rings. The molecule has 4 heterocycles. The van der Waals surface area contributed by atoms with Crippen molar-refractivity contribution in [3.63, 3.8) is 0 Å². The summed E-state index contributed by atoms with van der Waals surface area (Å²) in [7, 11) is 0. The smallest absolute Gasteiger partial charge is 0.478 e. The van der Waals surface area contributed by atoms with Gasteiger partial charge < -0.3 is 15.1 Å². The topological polar surface area (TPSA) is 107 Å². The molecule has 2 N–H and O–H groups in total. The van der Waals surface area contributed by atoms with E-state index in [1.54, 1.807) is 6.07 Å². The van der Waals surface area contributed by atoms with Crippen molar-refractivity contribution in [3.8, 4) is 11.3 Å². The number of carbonyl (C=O) groups is 2. The highest BCUT2D eigenvalue weighted by atomic mass is 19.4. The summed E-state index contributed by atoms with van der Waals surface area (Å²) in [6.07, 6.45) is 2.36. The average molecular weight is 515 g/mol. The van der Waals surface area contributed by atoms with Crippen molar-refractivity contribution < 1.29 is 33.0 Å². The molecular weight excluding hydrogens is 489 g/mol. The van der Waals surface area contributed by atoms with Crippen molar-refractivity contribution in [3.05, 3.63) is 77.7 Å². The molecule has 11 heteroatoms. The predicted octanol–water partition coefficient (Wildman–Crippen LogP) is 4.11. The summed E-state index contributed by atoms with van der Waals surface area (Å²) in [5.41, 5.74) is 6.10. The molecule has 5 rings (SSSR count). The highest BCUT2D eigenvalue weighted by Crippen LogP contribution is 2.34. The van der Waals surface area contributed by atoms with E-state index < -0.39 is 18.1 Å². The number of alkyl halides is 3. The van der Waals surface area contributed by atoms with E-state index in [4.69, 9.17) is 9.90 Å². The van der Waals surface area contributed by atoms with Gasteiger partial charge in [-0.15, -0.1) is 0 Å². The lowest BCUT2D eigenvalue weighted by molar-refractivity contribution is -0.192. The fraction of sp³-hybridized carbons (Fsp3) is 0.308. The fourth-order valence-electron chi connectivity index (χ4n) is 4.73. The van der Waals surface area contributed by atoms with Gasteiger partial charge in [0.25, 0.3) is 0 Å². The first-order valence-corrected chi connectivity index (χ1v) is 11.6. The second-order valence-electron chi connectivity index (χ2n) is 8.82. The number of halogens is 3. The maximum absolute atomic E-state index is 11.3. The number of anilines is 1. The summed E-state index contributed by atoms with van der Waals surface area (Å²) in [4.78, 5) is 33.9. The van der Waals surface area contributed by atoms with Crippen LogP contribution in [0.1, 0.15) is 27.9 Å². The van der Waals surface area contributed by atoms with Crippen LogP contribution in [0, 0.1) is 0 Å². The number of hydrogen-bond donors (Lipinski definition) is 2. The number of aromatic nitrogens is 2. The van der Waals surface area contributed by atoms with E-state index in [9.17, 15) is 23.1 Å². The molecule has 0 radical (unpaired) electrons. The largest absolute Gasteiger partial charge is 0.490 e. The van der Waals surface area contributed by atoms with Gasteiger partial charge in [-0.25, -0.2) is 9.59 Å². The van der Waals surface area contributed by atoms with Crippen LogP contribution in [0.15, 0.2) is 61.1 Å². The normalized spacial score (nSPS) is 17.2. The quantitative estimate of drug-likeness (QED) is 0.536. The Bertz CT molecular complexity index is 1270. The summed E-state index contributed by atoms with van der Waals surface area (Å²) in [6.45, 7) is 3.81. The van der Waals surface area contributed by atoms with Crippen LogP contribution in [0.25, 0.3) is 11.3 Å². The average Bonchev–Trinajstić information content (AvgIpc) is 2.88. The van der Waals surface area contributed by atoms with Gasteiger partial charge in [0.05, 0.1) is 11.3 Å². The molecule has 2 aliphatic heterocycles. The molecule has 1 saturated heterocycles. The van der Waals surface area contributed by atoms with Crippen molar-refractivity contribution in [1.29, 1.82) is 0 Å². The van der Waals surface area contributed by atoms with Crippen LogP contribution >= 0.6 is 0 Å². The van der Waals surface area contributed by atoms with Gasteiger partial charge in [-0.2, -0.15) is 13.2 Å². The number of hydrogen-bond acceptors (Lipinski definition) is 6. The molecule has 1 aromatic carbocycles. The minimum atomic E-state index is -5.08. The Morgan fingerprint density at radius 1 is 1.03 bits per heavy atom. The molecular formula is C26H25F3N4O4. The van der Waals surface area contributed by atoms with Gasteiger partial charge >= 0.3 is 18.1 Å². The van der Waals surface area contributed by atoms with Crippen LogP contribution in [-0.2, 0) is 17.8 Å². The van der Waals surface area contributed by atoms with Crippen molar-refractivity contribution >= 4 is 17.6 Å². The number of aromatic carboxylic acids is 1.